The Labute approximate surface area is 79.8 Å². The van der Waals surface area contributed by atoms with E-state index in [1.54, 1.807) is 0 Å². The molecule has 0 aromatic carbocycles. The average molecular weight is 185 g/mol. The van der Waals surface area contributed by atoms with Crippen molar-refractivity contribution in [2.24, 2.45) is 11.8 Å². The van der Waals surface area contributed by atoms with Crippen LogP contribution in [0.5, 0.6) is 0 Å². The molecule has 1 saturated heterocycles. The van der Waals surface area contributed by atoms with Crippen molar-refractivity contribution in [1.29, 1.82) is 0 Å². The van der Waals surface area contributed by atoms with Crippen molar-refractivity contribution in [1.82, 2.24) is 5.32 Å². The Balaban J connectivity index is 2.07. The first-order chi connectivity index (χ1) is 6.18. The normalized spacial score (nSPS) is 22.2. The highest BCUT2D eigenvalue weighted by Gasteiger charge is 2.16. The molecule has 1 fully saturated rings. The monoisotopic (exact) mass is 185 g/mol. The van der Waals surface area contributed by atoms with Gasteiger partial charge in [-0.3, -0.25) is 4.79 Å². The molecule has 0 saturated carbocycles. The van der Waals surface area contributed by atoms with Crippen molar-refractivity contribution in [3.8, 4) is 0 Å². The van der Waals surface area contributed by atoms with Gasteiger partial charge in [-0.25, -0.2) is 0 Å². The smallest absolute Gasteiger partial charge is 0.306 e. The molecule has 0 bridgehead atoms. The van der Waals surface area contributed by atoms with Crippen LogP contribution in [-0.4, -0.2) is 25.7 Å². The number of carbonyl (C=O) groups is 1. The molecule has 0 aromatic heterocycles. The van der Waals surface area contributed by atoms with Gasteiger partial charge in [0.2, 0.25) is 0 Å². The van der Waals surface area contributed by atoms with Gasteiger partial charge in [0.25, 0.3) is 0 Å². The van der Waals surface area contributed by atoms with Crippen molar-refractivity contribution in [2.75, 3.05) is 19.7 Å². The molecule has 13 heavy (non-hydrogen) atoms. The van der Waals surface area contributed by atoms with Crippen LogP contribution in [0.4, 0.5) is 0 Å². The zero-order chi connectivity index (χ0) is 9.68. The molecule has 3 heteroatoms. The number of rotatable bonds is 4. The minimum atomic E-state index is -0.0538. The predicted octanol–water partition coefficient (Wildman–Crippen LogP) is 1.19. The molecular formula is C10H19NO2. The second kappa shape index (κ2) is 5.22. The lowest BCUT2D eigenvalue weighted by Gasteiger charge is -2.10. The van der Waals surface area contributed by atoms with Crippen LogP contribution in [0.1, 0.15) is 26.7 Å². The van der Waals surface area contributed by atoms with Gasteiger partial charge < -0.3 is 10.1 Å². The van der Waals surface area contributed by atoms with E-state index in [-0.39, 0.29) is 5.97 Å². The molecule has 1 N–H and O–H groups in total. The zero-order valence-electron chi connectivity index (χ0n) is 8.51. The van der Waals surface area contributed by atoms with Crippen LogP contribution in [-0.2, 0) is 9.53 Å². The first-order valence-electron chi connectivity index (χ1n) is 5.05. The highest BCUT2D eigenvalue weighted by atomic mass is 16.5. The van der Waals surface area contributed by atoms with Crippen LogP contribution in [0.15, 0.2) is 0 Å². The Hall–Kier alpha value is -0.570. The SMILES string of the molecule is CC(C)CC(=O)OC[C@H]1CCNC1. The summed E-state index contributed by atoms with van der Waals surface area (Å²) in [7, 11) is 0. The lowest BCUT2D eigenvalue weighted by Crippen LogP contribution is -2.17. The van der Waals surface area contributed by atoms with Gasteiger partial charge in [-0.05, 0) is 18.9 Å². The van der Waals surface area contributed by atoms with Crippen molar-refractivity contribution in [3.05, 3.63) is 0 Å². The minimum Gasteiger partial charge on any atom is -0.465 e. The standard InChI is InChI=1S/C10H19NO2/c1-8(2)5-10(12)13-7-9-3-4-11-6-9/h8-9,11H,3-7H2,1-2H3/t9-/m0/s1. The van der Waals surface area contributed by atoms with E-state index in [0.717, 1.165) is 19.5 Å². The molecule has 0 amide bonds. The lowest BCUT2D eigenvalue weighted by molar-refractivity contribution is -0.145. The summed E-state index contributed by atoms with van der Waals surface area (Å²) in [6, 6.07) is 0. The van der Waals surface area contributed by atoms with E-state index in [1.807, 2.05) is 13.8 Å². The zero-order valence-corrected chi connectivity index (χ0v) is 8.51. The number of nitrogens with one attached hydrogen (secondary N) is 1. The summed E-state index contributed by atoms with van der Waals surface area (Å²) in [4.78, 5) is 11.2. The summed E-state index contributed by atoms with van der Waals surface area (Å²) < 4.78 is 5.16. The van der Waals surface area contributed by atoms with Gasteiger partial charge in [-0.15, -0.1) is 0 Å². The third-order valence-corrected chi connectivity index (χ3v) is 2.22. The number of esters is 1. The number of ether oxygens (including phenoxy) is 1. The fourth-order valence-corrected chi connectivity index (χ4v) is 1.46. The molecule has 1 heterocycles. The van der Waals surface area contributed by atoms with E-state index >= 15 is 0 Å². The van der Waals surface area contributed by atoms with Crippen molar-refractivity contribution in [2.45, 2.75) is 26.7 Å². The van der Waals surface area contributed by atoms with E-state index in [9.17, 15) is 4.79 Å². The molecule has 0 aromatic rings. The first kappa shape index (κ1) is 10.5. The fraction of sp³-hybridized carbons (Fsp3) is 0.900. The molecule has 1 aliphatic rings. The summed E-state index contributed by atoms with van der Waals surface area (Å²) >= 11 is 0. The third kappa shape index (κ3) is 4.27. The second-order valence-corrected chi connectivity index (χ2v) is 4.14. The van der Waals surface area contributed by atoms with Gasteiger partial charge in [-0.2, -0.15) is 0 Å². The molecule has 76 valence electrons. The highest BCUT2D eigenvalue weighted by Crippen LogP contribution is 2.09. The van der Waals surface area contributed by atoms with Gasteiger partial charge in [0.1, 0.15) is 0 Å². The van der Waals surface area contributed by atoms with E-state index in [2.05, 4.69) is 5.32 Å². The highest BCUT2D eigenvalue weighted by molar-refractivity contribution is 5.69. The van der Waals surface area contributed by atoms with Gasteiger partial charge in [0.05, 0.1) is 6.61 Å². The van der Waals surface area contributed by atoms with Gasteiger partial charge in [0.15, 0.2) is 0 Å². The summed E-state index contributed by atoms with van der Waals surface area (Å²) in [6.07, 6.45) is 1.68. The molecule has 0 aliphatic carbocycles. The molecule has 0 radical (unpaired) electrons. The molecular weight excluding hydrogens is 166 g/mol. The van der Waals surface area contributed by atoms with Crippen LogP contribution in [0.25, 0.3) is 0 Å². The number of hydrogen-bond donors (Lipinski definition) is 1. The largest absolute Gasteiger partial charge is 0.465 e. The number of carbonyl (C=O) groups excluding carboxylic acids is 1. The van der Waals surface area contributed by atoms with Gasteiger partial charge >= 0.3 is 5.97 Å². The Bertz CT molecular complexity index is 162. The Morgan fingerprint density at radius 2 is 2.38 bits per heavy atom. The maximum absolute atomic E-state index is 11.2. The first-order valence-corrected chi connectivity index (χ1v) is 5.05. The molecule has 1 atom stereocenters. The maximum atomic E-state index is 11.2. The summed E-state index contributed by atoms with van der Waals surface area (Å²) in [6.45, 7) is 6.71. The van der Waals surface area contributed by atoms with Crippen molar-refractivity contribution >= 4 is 5.97 Å². The van der Waals surface area contributed by atoms with Crippen LogP contribution < -0.4 is 5.32 Å². The summed E-state index contributed by atoms with van der Waals surface area (Å²) in [5, 5.41) is 3.25. The Kier molecular flexibility index (Phi) is 4.22. The van der Waals surface area contributed by atoms with Crippen molar-refractivity contribution in [3.63, 3.8) is 0 Å². The molecule has 0 unspecified atom stereocenters. The predicted molar refractivity (Wildman–Crippen MR) is 51.4 cm³/mol. The van der Waals surface area contributed by atoms with Crippen LogP contribution in [0, 0.1) is 11.8 Å². The summed E-state index contributed by atoms with van der Waals surface area (Å²) in [5.41, 5.74) is 0. The van der Waals surface area contributed by atoms with E-state index in [0.29, 0.717) is 24.9 Å². The minimum absolute atomic E-state index is 0.0538. The Morgan fingerprint density at radius 1 is 1.62 bits per heavy atom. The molecule has 0 spiro atoms. The van der Waals surface area contributed by atoms with Gasteiger partial charge in [-0.1, -0.05) is 13.8 Å². The molecule has 1 aliphatic heterocycles. The fourth-order valence-electron chi connectivity index (χ4n) is 1.46. The van der Waals surface area contributed by atoms with E-state index in [1.165, 1.54) is 0 Å². The number of hydrogen-bond acceptors (Lipinski definition) is 3. The van der Waals surface area contributed by atoms with E-state index in [4.69, 9.17) is 4.74 Å². The summed E-state index contributed by atoms with van der Waals surface area (Å²) in [5.74, 6) is 0.882. The quantitative estimate of drug-likeness (QED) is 0.668. The van der Waals surface area contributed by atoms with Crippen molar-refractivity contribution < 1.29 is 9.53 Å². The molecule has 1 rings (SSSR count). The second-order valence-electron chi connectivity index (χ2n) is 4.14. The van der Waals surface area contributed by atoms with Crippen LogP contribution in [0.2, 0.25) is 0 Å². The Morgan fingerprint density at radius 3 is 2.92 bits per heavy atom. The van der Waals surface area contributed by atoms with Gasteiger partial charge in [0, 0.05) is 18.9 Å². The van der Waals surface area contributed by atoms with E-state index < -0.39 is 0 Å². The lowest BCUT2D eigenvalue weighted by atomic mass is 10.1. The average Bonchev–Trinajstić information content (AvgIpc) is 2.51. The molecule has 3 nitrogen and oxygen atoms in total. The van der Waals surface area contributed by atoms with Crippen LogP contribution >= 0.6 is 0 Å². The topological polar surface area (TPSA) is 38.3 Å². The third-order valence-electron chi connectivity index (χ3n) is 2.22. The van der Waals surface area contributed by atoms with Crippen LogP contribution in [0.3, 0.4) is 0 Å². The maximum Gasteiger partial charge on any atom is 0.306 e.